The van der Waals surface area contributed by atoms with E-state index in [4.69, 9.17) is 21.7 Å². The van der Waals surface area contributed by atoms with Gasteiger partial charge in [0.15, 0.2) is 22.3 Å². The lowest BCUT2D eigenvalue weighted by molar-refractivity contribution is 0.174. The number of hydrogen-bond donors (Lipinski definition) is 2. The molecule has 1 aliphatic heterocycles. The standard InChI is InChI=1S/C18H15N5O2S/c1-2-7-19-18(26)23-16-6-4-12-17(22-16)21-13(9-20-12)11-3-5-14-15(8-11)25-10-24-14/h2-6,8-9H,1,7,10H2,(H2,19,21,22,23,26). The molecule has 0 unspecified atom stereocenters. The maximum absolute atomic E-state index is 5.42. The lowest BCUT2D eigenvalue weighted by Gasteiger charge is -2.09. The van der Waals surface area contributed by atoms with Gasteiger partial charge < -0.3 is 20.1 Å². The zero-order chi connectivity index (χ0) is 17.9. The highest BCUT2D eigenvalue weighted by molar-refractivity contribution is 7.80. The fourth-order valence-corrected chi connectivity index (χ4v) is 2.68. The summed E-state index contributed by atoms with van der Waals surface area (Å²) in [5.41, 5.74) is 2.81. The molecule has 0 fully saturated rings. The van der Waals surface area contributed by atoms with Gasteiger partial charge in [0.05, 0.1) is 11.9 Å². The largest absolute Gasteiger partial charge is 0.454 e. The monoisotopic (exact) mass is 365 g/mol. The Bertz CT molecular complexity index is 1010. The van der Waals surface area contributed by atoms with E-state index in [1.807, 2.05) is 24.3 Å². The second-order valence-corrected chi connectivity index (χ2v) is 5.89. The molecule has 0 aliphatic carbocycles. The molecule has 0 spiro atoms. The molecule has 8 heteroatoms. The van der Waals surface area contributed by atoms with Crippen LogP contribution in [0.1, 0.15) is 0 Å². The number of rotatable bonds is 4. The average molecular weight is 365 g/mol. The Morgan fingerprint density at radius 3 is 2.96 bits per heavy atom. The fourth-order valence-electron chi connectivity index (χ4n) is 2.49. The van der Waals surface area contributed by atoms with Gasteiger partial charge in [-0.3, -0.25) is 4.98 Å². The summed E-state index contributed by atoms with van der Waals surface area (Å²) in [6.45, 7) is 4.45. The van der Waals surface area contributed by atoms with Gasteiger partial charge in [0.25, 0.3) is 0 Å². The summed E-state index contributed by atoms with van der Waals surface area (Å²) in [5, 5.41) is 6.48. The van der Waals surface area contributed by atoms with Crippen LogP contribution in [0.5, 0.6) is 11.5 Å². The van der Waals surface area contributed by atoms with Gasteiger partial charge in [0.1, 0.15) is 11.3 Å². The number of hydrogen-bond acceptors (Lipinski definition) is 6. The lowest BCUT2D eigenvalue weighted by Crippen LogP contribution is -2.28. The number of aromatic nitrogens is 3. The highest BCUT2D eigenvalue weighted by Gasteiger charge is 2.15. The topological polar surface area (TPSA) is 81.2 Å². The van der Waals surface area contributed by atoms with Crippen LogP contribution in [-0.2, 0) is 0 Å². The van der Waals surface area contributed by atoms with Crippen LogP contribution >= 0.6 is 12.2 Å². The Hall–Kier alpha value is -3.26. The van der Waals surface area contributed by atoms with Crippen molar-refractivity contribution < 1.29 is 9.47 Å². The van der Waals surface area contributed by atoms with E-state index in [1.165, 1.54) is 0 Å². The number of ether oxygens (including phenoxy) is 2. The third kappa shape index (κ3) is 3.27. The molecule has 0 saturated heterocycles. The smallest absolute Gasteiger partial charge is 0.231 e. The van der Waals surface area contributed by atoms with E-state index < -0.39 is 0 Å². The molecule has 130 valence electrons. The van der Waals surface area contributed by atoms with Crippen molar-refractivity contribution in [3.05, 3.63) is 49.2 Å². The summed E-state index contributed by atoms with van der Waals surface area (Å²) in [7, 11) is 0. The molecular formula is C18H15N5O2S. The van der Waals surface area contributed by atoms with Gasteiger partial charge in [-0.1, -0.05) is 6.08 Å². The van der Waals surface area contributed by atoms with Gasteiger partial charge in [-0.25, -0.2) is 9.97 Å². The van der Waals surface area contributed by atoms with Crippen molar-refractivity contribution in [3.8, 4) is 22.8 Å². The van der Waals surface area contributed by atoms with Gasteiger partial charge in [0.2, 0.25) is 6.79 Å². The molecule has 3 aromatic rings. The minimum atomic E-state index is 0.235. The van der Waals surface area contributed by atoms with Gasteiger partial charge in [-0.05, 0) is 42.5 Å². The molecule has 1 aliphatic rings. The predicted molar refractivity (Wildman–Crippen MR) is 103 cm³/mol. The summed E-state index contributed by atoms with van der Waals surface area (Å²) >= 11 is 5.20. The number of benzene rings is 1. The molecule has 26 heavy (non-hydrogen) atoms. The second-order valence-electron chi connectivity index (χ2n) is 5.49. The van der Waals surface area contributed by atoms with Crippen molar-refractivity contribution in [3.63, 3.8) is 0 Å². The fraction of sp³-hybridized carbons (Fsp3) is 0.111. The summed E-state index contributed by atoms with van der Waals surface area (Å²) in [4.78, 5) is 13.5. The van der Waals surface area contributed by atoms with Gasteiger partial charge >= 0.3 is 0 Å². The molecule has 0 atom stereocenters. The molecule has 3 heterocycles. The van der Waals surface area contributed by atoms with Crippen molar-refractivity contribution in [2.45, 2.75) is 0 Å². The number of thiocarbonyl (C=S) groups is 1. The van der Waals surface area contributed by atoms with E-state index in [0.29, 0.717) is 40.1 Å². The van der Waals surface area contributed by atoms with Gasteiger partial charge in [0, 0.05) is 12.1 Å². The Balaban J connectivity index is 1.63. The minimum Gasteiger partial charge on any atom is -0.454 e. The lowest BCUT2D eigenvalue weighted by atomic mass is 10.1. The molecule has 0 amide bonds. The van der Waals surface area contributed by atoms with Crippen LogP contribution in [-0.4, -0.2) is 33.4 Å². The van der Waals surface area contributed by atoms with Crippen molar-refractivity contribution in [1.82, 2.24) is 20.3 Å². The van der Waals surface area contributed by atoms with E-state index >= 15 is 0 Å². The third-order valence-corrected chi connectivity index (χ3v) is 3.97. The maximum Gasteiger partial charge on any atom is 0.231 e. The molecule has 2 N–H and O–H groups in total. The van der Waals surface area contributed by atoms with Crippen molar-refractivity contribution >= 4 is 34.3 Å². The quantitative estimate of drug-likeness (QED) is 0.540. The molecule has 0 radical (unpaired) electrons. The van der Waals surface area contributed by atoms with Gasteiger partial charge in [-0.15, -0.1) is 6.58 Å². The number of fused-ring (bicyclic) bond motifs is 2. The summed E-state index contributed by atoms with van der Waals surface area (Å²) in [5.74, 6) is 2.02. The Morgan fingerprint density at radius 1 is 1.19 bits per heavy atom. The maximum atomic E-state index is 5.42. The summed E-state index contributed by atoms with van der Waals surface area (Å²) in [6.07, 6.45) is 3.44. The molecular weight excluding hydrogens is 350 g/mol. The number of nitrogens with one attached hydrogen (secondary N) is 2. The van der Waals surface area contributed by atoms with Gasteiger partial charge in [-0.2, -0.15) is 0 Å². The first kappa shape index (κ1) is 16.2. The zero-order valence-corrected chi connectivity index (χ0v) is 14.5. The second kappa shape index (κ2) is 6.93. The van der Waals surface area contributed by atoms with E-state index in [-0.39, 0.29) is 6.79 Å². The Kier molecular flexibility index (Phi) is 4.32. The van der Waals surface area contributed by atoms with E-state index in [0.717, 1.165) is 11.3 Å². The molecule has 1 aromatic carbocycles. The van der Waals surface area contributed by atoms with Crippen molar-refractivity contribution in [1.29, 1.82) is 0 Å². The molecule has 2 aromatic heterocycles. The Morgan fingerprint density at radius 2 is 2.08 bits per heavy atom. The highest BCUT2D eigenvalue weighted by Crippen LogP contribution is 2.35. The van der Waals surface area contributed by atoms with Crippen molar-refractivity contribution in [2.24, 2.45) is 0 Å². The average Bonchev–Trinajstić information content (AvgIpc) is 3.13. The van der Waals surface area contributed by atoms with Crippen LogP contribution < -0.4 is 20.1 Å². The number of pyridine rings is 1. The van der Waals surface area contributed by atoms with Crippen LogP contribution in [0.2, 0.25) is 0 Å². The number of nitrogens with zero attached hydrogens (tertiary/aromatic N) is 3. The normalized spacial score (nSPS) is 12.0. The summed E-state index contributed by atoms with van der Waals surface area (Å²) in [6, 6.07) is 9.31. The van der Waals surface area contributed by atoms with Crippen LogP contribution in [0.3, 0.4) is 0 Å². The van der Waals surface area contributed by atoms with E-state index in [9.17, 15) is 0 Å². The molecule has 4 rings (SSSR count). The van der Waals surface area contributed by atoms with Crippen LogP contribution in [0, 0.1) is 0 Å². The van der Waals surface area contributed by atoms with Crippen molar-refractivity contribution in [2.75, 3.05) is 18.7 Å². The third-order valence-electron chi connectivity index (χ3n) is 3.72. The van der Waals surface area contributed by atoms with Crippen LogP contribution in [0.25, 0.3) is 22.4 Å². The van der Waals surface area contributed by atoms with E-state index in [2.05, 4.69) is 32.2 Å². The summed E-state index contributed by atoms with van der Waals surface area (Å²) < 4.78 is 10.8. The molecule has 0 bridgehead atoms. The van der Waals surface area contributed by atoms with Crippen LogP contribution in [0.4, 0.5) is 5.82 Å². The zero-order valence-electron chi connectivity index (χ0n) is 13.7. The minimum absolute atomic E-state index is 0.235. The first-order valence-electron chi connectivity index (χ1n) is 7.92. The first-order valence-corrected chi connectivity index (χ1v) is 8.33. The highest BCUT2D eigenvalue weighted by atomic mass is 32.1. The number of anilines is 1. The predicted octanol–water partition coefficient (Wildman–Crippen LogP) is 2.89. The first-order chi connectivity index (χ1) is 12.7. The van der Waals surface area contributed by atoms with E-state index in [1.54, 1.807) is 18.3 Å². The van der Waals surface area contributed by atoms with Crippen LogP contribution in [0.15, 0.2) is 49.2 Å². The molecule has 0 saturated carbocycles. The Labute approximate surface area is 155 Å². The molecule has 7 nitrogen and oxygen atoms in total. The SMILES string of the molecule is C=CCNC(=S)Nc1ccc2ncc(-c3ccc4c(c3)OCO4)nc2n1.